The number of rotatable bonds is 1. The molecule has 25 heavy (non-hydrogen) atoms. The van der Waals surface area contributed by atoms with E-state index in [1.165, 1.54) is 0 Å². The van der Waals surface area contributed by atoms with Gasteiger partial charge in [0.2, 0.25) is 0 Å². The molecule has 0 radical (unpaired) electrons. The molecular formula is C18H19N7. The number of fused-ring (bicyclic) bond motifs is 5. The van der Waals surface area contributed by atoms with Crippen LogP contribution in [0.2, 0.25) is 0 Å². The summed E-state index contributed by atoms with van der Waals surface area (Å²) in [4.78, 5) is 23.4. The number of nitrogens with zero attached hydrogens (tertiary/aromatic N) is 7. The van der Waals surface area contributed by atoms with Crippen LogP contribution in [-0.4, -0.2) is 62.5 Å². The Kier molecular flexibility index (Phi) is 3.27. The number of hydrogen-bond acceptors (Lipinski definition) is 6. The van der Waals surface area contributed by atoms with Crippen LogP contribution >= 0.6 is 0 Å². The summed E-state index contributed by atoms with van der Waals surface area (Å²) >= 11 is 0. The number of imidazole rings is 1. The van der Waals surface area contributed by atoms with Crippen LogP contribution < -0.4 is 4.90 Å². The van der Waals surface area contributed by atoms with Crippen molar-refractivity contribution in [2.45, 2.75) is 6.42 Å². The molecule has 5 rings (SSSR count). The van der Waals surface area contributed by atoms with E-state index in [0.29, 0.717) is 5.65 Å². The summed E-state index contributed by atoms with van der Waals surface area (Å²) in [7, 11) is 2.17. The molecule has 0 bridgehead atoms. The largest absolute Gasteiger partial charge is 0.352 e. The Morgan fingerprint density at radius 1 is 0.880 bits per heavy atom. The Bertz CT molecular complexity index is 1070. The highest BCUT2D eigenvalue weighted by atomic mass is 15.3. The summed E-state index contributed by atoms with van der Waals surface area (Å²) in [6.07, 6.45) is 4.52. The van der Waals surface area contributed by atoms with E-state index in [9.17, 15) is 0 Å². The van der Waals surface area contributed by atoms with Crippen LogP contribution in [0.1, 0.15) is 6.42 Å². The van der Waals surface area contributed by atoms with Gasteiger partial charge in [0.25, 0.3) is 0 Å². The topological polar surface area (TPSA) is 62.5 Å². The van der Waals surface area contributed by atoms with Crippen LogP contribution in [0.15, 0.2) is 36.7 Å². The van der Waals surface area contributed by atoms with Crippen molar-refractivity contribution in [3.63, 3.8) is 0 Å². The van der Waals surface area contributed by atoms with Gasteiger partial charge >= 0.3 is 0 Å². The van der Waals surface area contributed by atoms with E-state index >= 15 is 0 Å². The van der Waals surface area contributed by atoms with Crippen LogP contribution in [0.5, 0.6) is 0 Å². The molecule has 126 valence electrons. The third-order valence-corrected chi connectivity index (χ3v) is 4.86. The average Bonchev–Trinajstić information content (AvgIpc) is 2.90. The molecule has 0 atom stereocenters. The first-order valence-electron chi connectivity index (χ1n) is 8.63. The van der Waals surface area contributed by atoms with Crippen molar-refractivity contribution in [1.29, 1.82) is 0 Å². The maximum atomic E-state index is 4.87. The van der Waals surface area contributed by atoms with E-state index in [0.717, 1.165) is 60.7 Å². The lowest BCUT2D eigenvalue weighted by Gasteiger charge is -2.22. The normalized spacial score (nSPS) is 16.8. The maximum Gasteiger partial charge on any atom is 0.198 e. The summed E-state index contributed by atoms with van der Waals surface area (Å²) in [5.41, 5.74) is 4.26. The molecule has 7 heteroatoms. The molecule has 0 N–H and O–H groups in total. The summed E-state index contributed by atoms with van der Waals surface area (Å²) in [6.45, 7) is 4.04. The van der Waals surface area contributed by atoms with E-state index in [-0.39, 0.29) is 0 Å². The van der Waals surface area contributed by atoms with E-state index < -0.39 is 0 Å². The lowest BCUT2D eigenvalue weighted by Crippen LogP contribution is -2.30. The monoisotopic (exact) mass is 333 g/mol. The lowest BCUT2D eigenvalue weighted by atomic mass is 10.3. The fourth-order valence-electron chi connectivity index (χ4n) is 3.57. The van der Waals surface area contributed by atoms with Crippen molar-refractivity contribution in [2.75, 3.05) is 38.1 Å². The van der Waals surface area contributed by atoms with Gasteiger partial charge in [-0.3, -0.25) is 4.40 Å². The van der Waals surface area contributed by atoms with Gasteiger partial charge in [-0.15, -0.1) is 0 Å². The average molecular weight is 333 g/mol. The van der Waals surface area contributed by atoms with E-state index in [1.807, 2.05) is 18.2 Å². The van der Waals surface area contributed by atoms with E-state index in [2.05, 4.69) is 37.3 Å². The molecule has 0 amide bonds. The first-order chi connectivity index (χ1) is 12.3. The van der Waals surface area contributed by atoms with Crippen molar-refractivity contribution < 1.29 is 0 Å². The molecule has 0 saturated carbocycles. The lowest BCUT2D eigenvalue weighted by molar-refractivity contribution is 0.360. The Balaban J connectivity index is 1.82. The maximum absolute atomic E-state index is 4.87. The van der Waals surface area contributed by atoms with Crippen LogP contribution in [0.25, 0.3) is 28.0 Å². The number of aromatic nitrogens is 5. The van der Waals surface area contributed by atoms with Gasteiger partial charge in [0, 0.05) is 32.0 Å². The molecule has 1 aliphatic rings. The van der Waals surface area contributed by atoms with Crippen LogP contribution in [0.4, 0.5) is 5.82 Å². The minimum atomic E-state index is 0.658. The molecule has 4 aromatic rings. The second-order valence-corrected chi connectivity index (χ2v) is 6.54. The minimum absolute atomic E-state index is 0.658. The Morgan fingerprint density at radius 3 is 2.72 bits per heavy atom. The highest BCUT2D eigenvalue weighted by Gasteiger charge is 2.21. The Labute approximate surface area is 144 Å². The van der Waals surface area contributed by atoms with Crippen LogP contribution in [0, 0.1) is 0 Å². The number of anilines is 1. The van der Waals surface area contributed by atoms with Crippen molar-refractivity contribution in [3.05, 3.63) is 36.7 Å². The molecule has 3 aromatic heterocycles. The fourth-order valence-corrected chi connectivity index (χ4v) is 3.57. The number of likely N-dealkylation sites (N-methyl/N-ethyl adjacent to an activating group) is 1. The highest BCUT2D eigenvalue weighted by molar-refractivity contribution is 5.90. The molecular weight excluding hydrogens is 314 g/mol. The SMILES string of the molecule is CN1CCCN(c2nc3nccnc3n3c2nc2ccccc23)CC1. The van der Waals surface area contributed by atoms with Gasteiger partial charge in [-0.1, -0.05) is 12.1 Å². The van der Waals surface area contributed by atoms with E-state index in [1.54, 1.807) is 12.4 Å². The first kappa shape index (κ1) is 14.5. The predicted octanol–water partition coefficient (Wildman–Crippen LogP) is 1.97. The zero-order chi connectivity index (χ0) is 16.8. The van der Waals surface area contributed by atoms with Gasteiger partial charge in [-0.25, -0.2) is 19.9 Å². The van der Waals surface area contributed by atoms with E-state index in [4.69, 9.17) is 9.97 Å². The molecule has 1 aliphatic heterocycles. The van der Waals surface area contributed by atoms with Gasteiger partial charge < -0.3 is 9.80 Å². The van der Waals surface area contributed by atoms with Gasteiger partial charge in [0.05, 0.1) is 11.0 Å². The molecule has 0 aliphatic carbocycles. The van der Waals surface area contributed by atoms with Crippen molar-refractivity contribution in [3.8, 4) is 0 Å². The molecule has 1 aromatic carbocycles. The highest BCUT2D eigenvalue weighted by Crippen LogP contribution is 2.27. The Morgan fingerprint density at radius 2 is 1.76 bits per heavy atom. The van der Waals surface area contributed by atoms with Gasteiger partial charge in [0.15, 0.2) is 22.8 Å². The molecule has 1 fully saturated rings. The van der Waals surface area contributed by atoms with Crippen LogP contribution in [0.3, 0.4) is 0 Å². The number of hydrogen-bond donors (Lipinski definition) is 0. The number of para-hydroxylation sites is 2. The van der Waals surface area contributed by atoms with Gasteiger partial charge in [0.1, 0.15) is 0 Å². The standard InChI is InChI=1S/C18H19N7/c1-23-9-4-10-24(12-11-23)17-18-21-13-5-2-3-6-14(13)25(18)16-15(22-17)19-7-8-20-16/h2-3,5-8H,4,9-12H2,1H3. The second kappa shape index (κ2) is 5.63. The summed E-state index contributed by atoms with van der Waals surface area (Å²) in [5.74, 6) is 0.902. The smallest absolute Gasteiger partial charge is 0.198 e. The van der Waals surface area contributed by atoms with Crippen LogP contribution in [-0.2, 0) is 0 Å². The molecule has 0 spiro atoms. The minimum Gasteiger partial charge on any atom is -0.352 e. The Hall–Kier alpha value is -2.80. The van der Waals surface area contributed by atoms with Crippen molar-refractivity contribution >= 4 is 33.8 Å². The zero-order valence-corrected chi connectivity index (χ0v) is 14.1. The predicted molar refractivity (Wildman–Crippen MR) is 97.9 cm³/mol. The summed E-state index contributed by atoms with van der Waals surface area (Å²) < 4.78 is 2.09. The van der Waals surface area contributed by atoms with Gasteiger partial charge in [-0.05, 0) is 32.1 Å². The zero-order valence-electron chi connectivity index (χ0n) is 14.1. The van der Waals surface area contributed by atoms with Crippen molar-refractivity contribution in [1.82, 2.24) is 29.2 Å². The van der Waals surface area contributed by atoms with Crippen molar-refractivity contribution in [2.24, 2.45) is 0 Å². The second-order valence-electron chi connectivity index (χ2n) is 6.54. The quantitative estimate of drug-likeness (QED) is 0.531. The molecule has 1 saturated heterocycles. The molecule has 4 heterocycles. The fraction of sp³-hybridized carbons (Fsp3) is 0.333. The molecule has 7 nitrogen and oxygen atoms in total. The number of benzene rings is 1. The third-order valence-electron chi connectivity index (χ3n) is 4.86. The van der Waals surface area contributed by atoms with Gasteiger partial charge in [-0.2, -0.15) is 0 Å². The summed E-state index contributed by atoms with van der Waals surface area (Å²) in [5, 5.41) is 0. The summed E-state index contributed by atoms with van der Waals surface area (Å²) in [6, 6.07) is 8.14. The first-order valence-corrected chi connectivity index (χ1v) is 8.63. The third kappa shape index (κ3) is 2.31. The molecule has 0 unspecified atom stereocenters.